The summed E-state index contributed by atoms with van der Waals surface area (Å²) >= 11 is 0. The van der Waals surface area contributed by atoms with Crippen molar-refractivity contribution in [2.24, 2.45) is 11.8 Å². The Morgan fingerprint density at radius 3 is 1.73 bits per heavy atom. The number of imide groups is 1. The summed E-state index contributed by atoms with van der Waals surface area (Å²) in [5, 5.41) is 10.8. The van der Waals surface area contributed by atoms with Gasteiger partial charge in [-0.05, 0) is 45.6 Å². The van der Waals surface area contributed by atoms with Crippen molar-refractivity contribution in [3.05, 3.63) is 0 Å². The lowest BCUT2D eigenvalue weighted by atomic mass is 10.0. The van der Waals surface area contributed by atoms with Gasteiger partial charge in [0.15, 0.2) is 0 Å². The van der Waals surface area contributed by atoms with Crippen molar-refractivity contribution >= 4 is 23.6 Å². The maximum absolute atomic E-state index is 12.8. The molecule has 0 aromatic rings. The molecule has 0 spiro atoms. The Morgan fingerprint density at radius 1 is 0.767 bits per heavy atom. The smallest absolute Gasteiger partial charge is 0.243 e. The van der Waals surface area contributed by atoms with Crippen molar-refractivity contribution in [1.29, 1.82) is 0 Å². The Labute approximate surface area is 181 Å². The first kappa shape index (κ1) is 28.0. The molecule has 0 saturated heterocycles. The fourth-order valence-electron chi connectivity index (χ4n) is 3.18. The van der Waals surface area contributed by atoms with Gasteiger partial charge in [-0.1, -0.05) is 27.7 Å². The van der Waals surface area contributed by atoms with Crippen molar-refractivity contribution < 1.29 is 19.2 Å². The van der Waals surface area contributed by atoms with Crippen LogP contribution in [-0.2, 0) is 19.2 Å². The van der Waals surface area contributed by atoms with E-state index in [-0.39, 0.29) is 17.7 Å². The average molecular weight is 428 g/mol. The van der Waals surface area contributed by atoms with E-state index in [0.717, 1.165) is 0 Å². The van der Waals surface area contributed by atoms with Crippen LogP contribution in [0.3, 0.4) is 0 Å². The number of nitrogens with zero attached hydrogens (tertiary/aromatic N) is 1. The highest BCUT2D eigenvalue weighted by Gasteiger charge is 2.31. The Morgan fingerprint density at radius 2 is 1.30 bits per heavy atom. The number of hydrogen-bond acceptors (Lipinski definition) is 6. The Balaban J connectivity index is 4.98. The lowest BCUT2D eigenvalue weighted by Gasteiger charge is -2.31. The van der Waals surface area contributed by atoms with Crippen LogP contribution in [0.2, 0.25) is 0 Å². The minimum Gasteiger partial charge on any atom is -0.357 e. The van der Waals surface area contributed by atoms with Crippen molar-refractivity contribution in [2.75, 3.05) is 21.1 Å². The summed E-state index contributed by atoms with van der Waals surface area (Å²) in [6.45, 7) is 11.2. The predicted molar refractivity (Wildman–Crippen MR) is 118 cm³/mol. The van der Waals surface area contributed by atoms with E-state index < -0.39 is 36.0 Å². The number of hydrogen-bond donors (Lipinski definition) is 4. The fraction of sp³-hybridized carbons (Fsp3) is 0.810. The second-order valence-corrected chi connectivity index (χ2v) is 8.64. The standard InChI is InChI=1S/C21H41N5O4/c1-12(2)10-16(22-7)19(28)25-18(27)14(5)24-15(6)21(30)26(9)17(11-13(3)4)20(29)23-8/h12-17,22,24H,10-11H2,1-9H3,(H,23,29)(H,25,27,28)/t14?,15-,16+,17?/m1/s1. The van der Waals surface area contributed by atoms with E-state index in [1.807, 2.05) is 27.7 Å². The second-order valence-electron chi connectivity index (χ2n) is 8.64. The van der Waals surface area contributed by atoms with Crippen LogP contribution in [0.15, 0.2) is 0 Å². The molecule has 9 nitrogen and oxygen atoms in total. The number of amides is 4. The Bertz CT molecular complexity index is 594. The summed E-state index contributed by atoms with van der Waals surface area (Å²) < 4.78 is 0. The molecular formula is C21H41N5O4. The molecule has 0 aromatic heterocycles. The number of likely N-dealkylation sites (N-methyl/N-ethyl adjacent to an activating group) is 3. The number of carbonyl (C=O) groups is 4. The quantitative estimate of drug-likeness (QED) is 0.354. The van der Waals surface area contributed by atoms with E-state index in [2.05, 4.69) is 21.3 Å². The highest BCUT2D eigenvalue weighted by molar-refractivity contribution is 6.00. The van der Waals surface area contributed by atoms with Gasteiger partial charge in [-0.3, -0.25) is 29.8 Å². The molecule has 0 radical (unpaired) electrons. The van der Waals surface area contributed by atoms with Crippen LogP contribution in [0.25, 0.3) is 0 Å². The molecule has 0 heterocycles. The fourth-order valence-corrected chi connectivity index (χ4v) is 3.18. The van der Waals surface area contributed by atoms with Gasteiger partial charge < -0.3 is 15.5 Å². The second kappa shape index (κ2) is 13.3. The van der Waals surface area contributed by atoms with E-state index in [4.69, 9.17) is 0 Å². The minimum absolute atomic E-state index is 0.229. The topological polar surface area (TPSA) is 120 Å². The maximum Gasteiger partial charge on any atom is 0.243 e. The summed E-state index contributed by atoms with van der Waals surface area (Å²) in [6.07, 6.45) is 1.13. The zero-order valence-corrected chi connectivity index (χ0v) is 20.0. The Hall–Kier alpha value is -2.00. The summed E-state index contributed by atoms with van der Waals surface area (Å²) in [5.74, 6) is -0.901. The summed E-state index contributed by atoms with van der Waals surface area (Å²) in [5.41, 5.74) is 0. The van der Waals surface area contributed by atoms with Gasteiger partial charge in [0.25, 0.3) is 0 Å². The van der Waals surface area contributed by atoms with Crippen LogP contribution in [-0.4, -0.2) is 73.8 Å². The molecule has 30 heavy (non-hydrogen) atoms. The molecule has 0 aliphatic carbocycles. The van der Waals surface area contributed by atoms with Crippen molar-refractivity contribution in [3.8, 4) is 0 Å². The number of carbonyl (C=O) groups excluding carboxylic acids is 4. The predicted octanol–water partition coefficient (Wildman–Crippen LogP) is 0.249. The molecule has 0 saturated carbocycles. The van der Waals surface area contributed by atoms with Gasteiger partial charge in [0.1, 0.15) is 6.04 Å². The van der Waals surface area contributed by atoms with Crippen LogP contribution in [0.5, 0.6) is 0 Å². The third-order valence-corrected chi connectivity index (χ3v) is 4.94. The maximum atomic E-state index is 12.8. The van der Waals surface area contributed by atoms with Gasteiger partial charge in [0.2, 0.25) is 23.6 Å². The first-order valence-corrected chi connectivity index (χ1v) is 10.6. The molecule has 9 heteroatoms. The summed E-state index contributed by atoms with van der Waals surface area (Å²) in [6, 6.07) is -2.53. The molecule has 0 bridgehead atoms. The molecule has 4 N–H and O–H groups in total. The van der Waals surface area contributed by atoms with Crippen LogP contribution in [0.4, 0.5) is 0 Å². The average Bonchev–Trinajstić information content (AvgIpc) is 2.67. The molecule has 0 fully saturated rings. The monoisotopic (exact) mass is 427 g/mol. The molecule has 2 unspecified atom stereocenters. The van der Waals surface area contributed by atoms with E-state index in [1.165, 1.54) is 11.9 Å². The van der Waals surface area contributed by atoms with Crippen LogP contribution < -0.4 is 21.3 Å². The van der Waals surface area contributed by atoms with Gasteiger partial charge in [-0.15, -0.1) is 0 Å². The zero-order chi connectivity index (χ0) is 23.6. The van der Waals surface area contributed by atoms with Crippen molar-refractivity contribution in [1.82, 2.24) is 26.2 Å². The van der Waals surface area contributed by atoms with E-state index in [9.17, 15) is 19.2 Å². The molecule has 0 aliphatic rings. The van der Waals surface area contributed by atoms with Gasteiger partial charge in [0.05, 0.1) is 18.1 Å². The SMILES string of the molecule is CNC(=O)C(CC(C)C)N(C)C(=O)[C@@H](C)NC(C)C(=O)NC(=O)[C@H](CC(C)C)NC. The highest BCUT2D eigenvalue weighted by Crippen LogP contribution is 2.12. The van der Waals surface area contributed by atoms with Gasteiger partial charge in [0, 0.05) is 14.1 Å². The normalized spacial score (nSPS) is 15.3. The van der Waals surface area contributed by atoms with E-state index >= 15 is 0 Å². The number of nitrogens with one attached hydrogen (secondary N) is 4. The molecular weight excluding hydrogens is 386 g/mol. The van der Waals surface area contributed by atoms with Crippen molar-refractivity contribution in [2.45, 2.75) is 78.6 Å². The van der Waals surface area contributed by atoms with Crippen LogP contribution in [0.1, 0.15) is 54.4 Å². The summed E-state index contributed by atoms with van der Waals surface area (Å²) in [4.78, 5) is 51.2. The third-order valence-electron chi connectivity index (χ3n) is 4.94. The van der Waals surface area contributed by atoms with Crippen molar-refractivity contribution in [3.63, 3.8) is 0 Å². The lowest BCUT2D eigenvalue weighted by Crippen LogP contribution is -2.57. The number of rotatable bonds is 12. The van der Waals surface area contributed by atoms with Gasteiger partial charge in [-0.2, -0.15) is 0 Å². The lowest BCUT2D eigenvalue weighted by molar-refractivity contribution is -0.141. The van der Waals surface area contributed by atoms with E-state index in [0.29, 0.717) is 18.8 Å². The zero-order valence-electron chi connectivity index (χ0n) is 20.0. The van der Waals surface area contributed by atoms with E-state index in [1.54, 1.807) is 27.9 Å². The molecule has 0 aliphatic heterocycles. The van der Waals surface area contributed by atoms with Gasteiger partial charge >= 0.3 is 0 Å². The molecule has 0 rings (SSSR count). The first-order chi connectivity index (χ1) is 13.8. The molecule has 4 atom stereocenters. The molecule has 4 amide bonds. The van der Waals surface area contributed by atoms with Crippen LogP contribution >= 0.6 is 0 Å². The summed E-state index contributed by atoms with van der Waals surface area (Å²) in [7, 11) is 4.80. The van der Waals surface area contributed by atoms with Crippen LogP contribution in [0, 0.1) is 11.8 Å². The highest BCUT2D eigenvalue weighted by atomic mass is 16.2. The molecule has 174 valence electrons. The Kier molecular flexibility index (Phi) is 12.4. The third kappa shape index (κ3) is 9.21. The molecule has 0 aromatic carbocycles. The first-order valence-electron chi connectivity index (χ1n) is 10.6. The largest absolute Gasteiger partial charge is 0.357 e. The van der Waals surface area contributed by atoms with Gasteiger partial charge in [-0.25, -0.2) is 0 Å². The minimum atomic E-state index is -0.763.